The molecular formula is C23H25BrN4S. The van der Waals surface area contributed by atoms with E-state index in [1.807, 2.05) is 18.3 Å². The third kappa shape index (κ3) is 3.83. The van der Waals surface area contributed by atoms with Gasteiger partial charge in [-0.05, 0) is 87.4 Å². The number of anilines is 1. The maximum atomic E-state index is 5.80. The average molecular weight is 469 g/mol. The predicted molar refractivity (Wildman–Crippen MR) is 126 cm³/mol. The van der Waals surface area contributed by atoms with Gasteiger partial charge in [0.15, 0.2) is 5.11 Å². The van der Waals surface area contributed by atoms with E-state index >= 15 is 0 Å². The van der Waals surface area contributed by atoms with E-state index in [9.17, 15) is 0 Å². The fraction of sp³-hybridized carbons (Fsp3) is 0.304. The summed E-state index contributed by atoms with van der Waals surface area (Å²) in [6.07, 6.45) is 6.22. The second kappa shape index (κ2) is 7.58. The summed E-state index contributed by atoms with van der Waals surface area (Å²) in [5.41, 5.74) is 4.47. The Kier molecular flexibility index (Phi) is 5.25. The van der Waals surface area contributed by atoms with E-state index in [1.165, 1.54) is 11.1 Å². The van der Waals surface area contributed by atoms with Crippen LogP contribution in [0, 0.1) is 6.92 Å². The molecule has 0 bridgehead atoms. The van der Waals surface area contributed by atoms with Crippen LogP contribution in [0.1, 0.15) is 49.7 Å². The maximum Gasteiger partial charge on any atom is 0.174 e. The molecule has 2 atom stereocenters. The highest BCUT2D eigenvalue weighted by Gasteiger charge is 2.41. The van der Waals surface area contributed by atoms with Crippen molar-refractivity contribution in [2.75, 3.05) is 4.90 Å². The van der Waals surface area contributed by atoms with E-state index < -0.39 is 0 Å². The fourth-order valence-electron chi connectivity index (χ4n) is 3.76. The molecule has 0 saturated carbocycles. The molecule has 0 radical (unpaired) electrons. The van der Waals surface area contributed by atoms with Crippen LogP contribution >= 0.6 is 28.1 Å². The van der Waals surface area contributed by atoms with Crippen molar-refractivity contribution >= 4 is 38.9 Å². The number of halogens is 1. The highest BCUT2D eigenvalue weighted by Crippen LogP contribution is 2.42. The second-order valence-corrected chi connectivity index (χ2v) is 9.69. The van der Waals surface area contributed by atoms with Crippen LogP contribution in [-0.4, -0.2) is 14.7 Å². The van der Waals surface area contributed by atoms with Gasteiger partial charge in [0.25, 0.3) is 0 Å². The first-order chi connectivity index (χ1) is 13.8. The molecule has 4 rings (SSSR count). The lowest BCUT2D eigenvalue weighted by Gasteiger charge is -2.28. The van der Waals surface area contributed by atoms with Crippen molar-refractivity contribution in [3.63, 3.8) is 0 Å². The van der Waals surface area contributed by atoms with Crippen LogP contribution in [0.25, 0.3) is 0 Å². The third-order valence-electron chi connectivity index (χ3n) is 5.35. The molecule has 150 valence electrons. The largest absolute Gasteiger partial charge is 0.351 e. The van der Waals surface area contributed by atoms with Gasteiger partial charge < -0.3 is 14.8 Å². The Hall–Kier alpha value is -2.18. The van der Waals surface area contributed by atoms with Crippen molar-refractivity contribution in [1.82, 2.24) is 14.9 Å². The zero-order chi connectivity index (χ0) is 20.8. The van der Waals surface area contributed by atoms with Crippen molar-refractivity contribution in [1.29, 1.82) is 0 Å². The number of nitrogens with zero attached hydrogens (tertiary/aromatic N) is 3. The van der Waals surface area contributed by atoms with Gasteiger partial charge in [0, 0.05) is 34.3 Å². The lowest BCUT2D eigenvalue weighted by molar-refractivity contribution is 0.397. The molecule has 0 amide bonds. The number of nitrogens with one attached hydrogen (secondary N) is 1. The molecule has 0 aliphatic carbocycles. The van der Waals surface area contributed by atoms with E-state index in [1.54, 1.807) is 0 Å². The van der Waals surface area contributed by atoms with Gasteiger partial charge in [-0.1, -0.05) is 22.0 Å². The van der Waals surface area contributed by atoms with Gasteiger partial charge in [-0.15, -0.1) is 0 Å². The van der Waals surface area contributed by atoms with E-state index in [-0.39, 0.29) is 17.6 Å². The van der Waals surface area contributed by atoms with E-state index in [0.29, 0.717) is 0 Å². The smallest absolute Gasteiger partial charge is 0.174 e. The van der Waals surface area contributed by atoms with Crippen molar-refractivity contribution in [3.05, 3.63) is 82.3 Å². The monoisotopic (exact) mass is 468 g/mol. The van der Waals surface area contributed by atoms with Gasteiger partial charge in [-0.2, -0.15) is 0 Å². The van der Waals surface area contributed by atoms with Crippen LogP contribution < -0.4 is 10.2 Å². The van der Waals surface area contributed by atoms with E-state index in [2.05, 4.69) is 106 Å². The van der Waals surface area contributed by atoms with Gasteiger partial charge in [0.2, 0.25) is 0 Å². The van der Waals surface area contributed by atoms with Crippen LogP contribution in [0.3, 0.4) is 0 Å². The Balaban J connectivity index is 1.83. The number of hydrogen-bond donors (Lipinski definition) is 1. The van der Waals surface area contributed by atoms with Gasteiger partial charge in [0.05, 0.1) is 17.8 Å². The minimum Gasteiger partial charge on any atom is -0.351 e. The first-order valence-corrected chi connectivity index (χ1v) is 10.9. The quantitative estimate of drug-likeness (QED) is 0.486. The lowest BCUT2D eigenvalue weighted by Crippen LogP contribution is -2.29. The predicted octanol–water partition coefficient (Wildman–Crippen LogP) is 5.89. The molecule has 1 aliphatic rings. The summed E-state index contributed by atoms with van der Waals surface area (Å²) in [7, 11) is 0. The lowest BCUT2D eigenvalue weighted by atomic mass is 9.98. The van der Waals surface area contributed by atoms with Crippen LogP contribution in [-0.2, 0) is 5.54 Å². The average Bonchev–Trinajstić information content (AvgIpc) is 3.29. The Morgan fingerprint density at radius 3 is 2.55 bits per heavy atom. The Labute approximate surface area is 186 Å². The normalized spacial score (nSPS) is 19.5. The number of rotatable bonds is 3. The third-order valence-corrected chi connectivity index (χ3v) is 6.55. The standard InChI is InChI=1S/C23H25BrN4S/c1-15-13-17(8-9-18(15)24)28-21(16-10-12-27(14-16)23(2,3)4)20(26-22(28)29)19-7-5-6-11-25-19/h5-14,20-21H,1-4H3,(H,26,29). The van der Waals surface area contributed by atoms with Crippen LogP contribution in [0.15, 0.2) is 65.5 Å². The number of pyridine rings is 1. The number of aryl methyl sites for hydroxylation is 1. The molecule has 1 aliphatic heterocycles. The minimum absolute atomic E-state index is 0.0153. The molecular weight excluding hydrogens is 444 g/mol. The number of thiocarbonyl (C=S) groups is 1. The van der Waals surface area contributed by atoms with Crippen molar-refractivity contribution < 1.29 is 0 Å². The number of hydrogen-bond acceptors (Lipinski definition) is 2. The van der Waals surface area contributed by atoms with E-state index in [4.69, 9.17) is 12.2 Å². The first-order valence-electron chi connectivity index (χ1n) is 9.71. The zero-order valence-electron chi connectivity index (χ0n) is 17.1. The van der Waals surface area contributed by atoms with Gasteiger partial charge >= 0.3 is 0 Å². The molecule has 1 N–H and O–H groups in total. The fourth-order valence-corrected chi connectivity index (χ4v) is 4.35. The molecule has 4 nitrogen and oxygen atoms in total. The Morgan fingerprint density at radius 1 is 1.14 bits per heavy atom. The first kappa shape index (κ1) is 20.1. The summed E-state index contributed by atoms with van der Waals surface area (Å²) in [4.78, 5) is 6.84. The second-order valence-electron chi connectivity index (χ2n) is 8.45. The van der Waals surface area contributed by atoms with Gasteiger partial charge in [-0.3, -0.25) is 4.98 Å². The maximum absolute atomic E-state index is 5.80. The molecule has 1 aromatic carbocycles. The summed E-state index contributed by atoms with van der Waals surface area (Å²) in [6, 6.07) is 14.6. The molecule has 2 aromatic heterocycles. The van der Waals surface area contributed by atoms with Crippen molar-refractivity contribution in [3.8, 4) is 0 Å². The SMILES string of the molecule is Cc1cc(N2C(=S)NC(c3ccccn3)C2c2ccn(C(C)(C)C)c2)ccc1Br. The van der Waals surface area contributed by atoms with E-state index in [0.717, 1.165) is 21.0 Å². The van der Waals surface area contributed by atoms with Crippen LogP contribution in [0.2, 0.25) is 0 Å². The summed E-state index contributed by atoms with van der Waals surface area (Å²) < 4.78 is 3.35. The van der Waals surface area contributed by atoms with Crippen molar-refractivity contribution in [2.45, 2.75) is 45.3 Å². The summed E-state index contributed by atoms with van der Waals surface area (Å²) in [5.74, 6) is 0. The molecule has 1 fully saturated rings. The summed E-state index contributed by atoms with van der Waals surface area (Å²) in [6.45, 7) is 8.72. The van der Waals surface area contributed by atoms with Crippen LogP contribution in [0.4, 0.5) is 5.69 Å². The molecule has 3 heterocycles. The van der Waals surface area contributed by atoms with Crippen molar-refractivity contribution in [2.24, 2.45) is 0 Å². The van der Waals surface area contributed by atoms with Gasteiger partial charge in [0.1, 0.15) is 0 Å². The number of benzene rings is 1. The van der Waals surface area contributed by atoms with Crippen LogP contribution in [0.5, 0.6) is 0 Å². The molecule has 6 heteroatoms. The Morgan fingerprint density at radius 2 is 1.93 bits per heavy atom. The topological polar surface area (TPSA) is 33.1 Å². The highest BCUT2D eigenvalue weighted by molar-refractivity contribution is 9.10. The molecule has 3 aromatic rings. The van der Waals surface area contributed by atoms with Gasteiger partial charge in [-0.25, -0.2) is 0 Å². The Bertz CT molecular complexity index is 1040. The minimum atomic E-state index is -0.0246. The summed E-state index contributed by atoms with van der Waals surface area (Å²) in [5, 5.41) is 4.24. The summed E-state index contributed by atoms with van der Waals surface area (Å²) >= 11 is 9.41. The highest BCUT2D eigenvalue weighted by atomic mass is 79.9. The molecule has 29 heavy (non-hydrogen) atoms. The molecule has 1 saturated heterocycles. The number of aromatic nitrogens is 2. The zero-order valence-corrected chi connectivity index (χ0v) is 19.5. The molecule has 0 spiro atoms. The molecule has 2 unspecified atom stereocenters.